The summed E-state index contributed by atoms with van der Waals surface area (Å²) in [5, 5.41) is 12.0. The first-order chi connectivity index (χ1) is 9.24. The van der Waals surface area contributed by atoms with E-state index in [2.05, 4.69) is 25.3 Å². The summed E-state index contributed by atoms with van der Waals surface area (Å²) in [7, 11) is 0. The summed E-state index contributed by atoms with van der Waals surface area (Å²) in [6.07, 6.45) is 2.92. The molecule has 3 N–H and O–H groups in total. The number of imidazole rings is 1. The van der Waals surface area contributed by atoms with Crippen LogP contribution in [-0.4, -0.2) is 31.0 Å². The molecule has 0 unspecified atom stereocenters. The van der Waals surface area contributed by atoms with Crippen LogP contribution in [0.3, 0.4) is 0 Å². The lowest BCUT2D eigenvalue weighted by molar-refractivity contribution is 0.0697. The quantitative estimate of drug-likeness (QED) is 0.683. The fourth-order valence-electron chi connectivity index (χ4n) is 1.73. The fourth-order valence-corrected chi connectivity index (χ4v) is 1.73. The van der Waals surface area contributed by atoms with Gasteiger partial charge in [0.15, 0.2) is 11.5 Å². The highest BCUT2D eigenvalue weighted by atomic mass is 35.5. The highest BCUT2D eigenvalue weighted by Gasteiger charge is 2.07. The number of fused-ring (bicyclic) bond motifs is 1. The molecular formula is C12H10ClN5O2. The van der Waals surface area contributed by atoms with Crippen LogP contribution < -0.4 is 5.32 Å². The van der Waals surface area contributed by atoms with E-state index in [9.17, 15) is 4.79 Å². The molecule has 0 atom stereocenters. The molecule has 2 aromatic heterocycles. The maximum atomic E-state index is 10.9. The molecule has 0 fully saturated rings. The van der Waals surface area contributed by atoms with E-state index in [1.807, 2.05) is 0 Å². The fraction of sp³-hybridized carbons (Fsp3) is 0. The molecule has 0 radical (unpaired) electrons. The number of rotatable bonds is 3. The van der Waals surface area contributed by atoms with E-state index in [0.29, 0.717) is 22.7 Å². The topological polar surface area (TPSA) is 104 Å². The number of hydrogen-bond acceptors (Lipinski definition) is 5. The zero-order valence-electron chi connectivity index (χ0n) is 10.1. The predicted molar refractivity (Wildman–Crippen MR) is 75.6 cm³/mol. The van der Waals surface area contributed by atoms with Crippen LogP contribution >= 0.6 is 12.4 Å². The lowest BCUT2D eigenvalue weighted by Gasteiger charge is -2.06. The lowest BCUT2D eigenvalue weighted by Crippen LogP contribution is -1.99. The maximum Gasteiger partial charge on any atom is 0.335 e. The molecule has 1 aromatic carbocycles. The lowest BCUT2D eigenvalue weighted by atomic mass is 10.2. The van der Waals surface area contributed by atoms with Gasteiger partial charge < -0.3 is 15.4 Å². The predicted octanol–water partition coefficient (Wildman–Crippen LogP) is 2.22. The van der Waals surface area contributed by atoms with Gasteiger partial charge in [-0.2, -0.15) is 0 Å². The van der Waals surface area contributed by atoms with Gasteiger partial charge in [-0.1, -0.05) is 6.07 Å². The Hall–Kier alpha value is -2.67. The van der Waals surface area contributed by atoms with Gasteiger partial charge in [0.05, 0.1) is 11.9 Å². The molecular weight excluding hydrogens is 282 g/mol. The van der Waals surface area contributed by atoms with Crippen molar-refractivity contribution in [1.82, 2.24) is 19.9 Å². The van der Waals surface area contributed by atoms with E-state index in [4.69, 9.17) is 5.11 Å². The molecule has 0 amide bonds. The highest BCUT2D eigenvalue weighted by Crippen LogP contribution is 2.20. The van der Waals surface area contributed by atoms with Gasteiger partial charge in [-0.05, 0) is 18.2 Å². The number of carboxylic acids is 1. The van der Waals surface area contributed by atoms with Crippen LogP contribution in [0.25, 0.3) is 11.2 Å². The third kappa shape index (κ3) is 2.52. The molecule has 2 heterocycles. The first-order valence-electron chi connectivity index (χ1n) is 5.48. The number of nitrogens with one attached hydrogen (secondary N) is 2. The van der Waals surface area contributed by atoms with Crippen molar-refractivity contribution in [2.24, 2.45) is 0 Å². The minimum atomic E-state index is -0.974. The number of anilines is 2. The summed E-state index contributed by atoms with van der Waals surface area (Å²) in [6.45, 7) is 0. The average molecular weight is 292 g/mol. The summed E-state index contributed by atoms with van der Waals surface area (Å²) >= 11 is 0. The van der Waals surface area contributed by atoms with Crippen molar-refractivity contribution in [2.45, 2.75) is 0 Å². The van der Waals surface area contributed by atoms with Crippen molar-refractivity contribution in [1.29, 1.82) is 0 Å². The number of carbonyl (C=O) groups is 1. The molecule has 102 valence electrons. The number of benzene rings is 1. The number of aromatic nitrogens is 4. The molecule has 7 nitrogen and oxygen atoms in total. The number of H-pyrrole nitrogens is 1. The Morgan fingerprint density at radius 2 is 2.10 bits per heavy atom. The number of halogens is 1. The van der Waals surface area contributed by atoms with Gasteiger partial charge in [0, 0.05) is 5.69 Å². The largest absolute Gasteiger partial charge is 0.478 e. The molecule has 0 aliphatic carbocycles. The first-order valence-corrected chi connectivity index (χ1v) is 5.48. The molecule has 3 aromatic rings. The third-order valence-corrected chi connectivity index (χ3v) is 2.60. The second-order valence-electron chi connectivity index (χ2n) is 3.83. The van der Waals surface area contributed by atoms with Crippen LogP contribution in [0.15, 0.2) is 36.9 Å². The second kappa shape index (κ2) is 5.54. The Balaban J connectivity index is 0.00000147. The Labute approximate surface area is 119 Å². The zero-order chi connectivity index (χ0) is 13.2. The standard InChI is InChI=1S/C12H9N5O2.ClH/c18-12(19)7-2-1-3-8(4-7)17-11-9-10(14-5-13-9)15-6-16-11;/h1-6H,(H,18,19)(H2,13,14,15,16,17);1H. The Kier molecular flexibility index (Phi) is 3.81. The molecule has 0 saturated heterocycles. The van der Waals surface area contributed by atoms with Crippen molar-refractivity contribution in [3.05, 3.63) is 42.5 Å². The van der Waals surface area contributed by atoms with Gasteiger partial charge in [0.1, 0.15) is 11.8 Å². The molecule has 0 bridgehead atoms. The molecule has 8 heteroatoms. The van der Waals surface area contributed by atoms with Crippen molar-refractivity contribution in [3.63, 3.8) is 0 Å². The van der Waals surface area contributed by atoms with Crippen molar-refractivity contribution < 1.29 is 9.90 Å². The van der Waals surface area contributed by atoms with E-state index in [1.54, 1.807) is 12.1 Å². The van der Waals surface area contributed by atoms with Crippen LogP contribution in [0.1, 0.15) is 10.4 Å². The van der Waals surface area contributed by atoms with Crippen molar-refractivity contribution >= 4 is 41.0 Å². The SMILES string of the molecule is Cl.O=C(O)c1cccc(Nc2ncnc3nc[nH]c23)c1. The summed E-state index contributed by atoms with van der Waals surface area (Å²) < 4.78 is 0. The van der Waals surface area contributed by atoms with Gasteiger partial charge in [-0.15, -0.1) is 12.4 Å². The molecule has 0 aliphatic rings. The van der Waals surface area contributed by atoms with E-state index < -0.39 is 5.97 Å². The summed E-state index contributed by atoms with van der Waals surface area (Å²) in [5.41, 5.74) is 2.06. The molecule has 0 spiro atoms. The zero-order valence-corrected chi connectivity index (χ0v) is 10.9. The minimum absolute atomic E-state index is 0. The van der Waals surface area contributed by atoms with Gasteiger partial charge in [-0.25, -0.2) is 19.7 Å². The Bertz CT molecular complexity index is 758. The number of aromatic amines is 1. The second-order valence-corrected chi connectivity index (χ2v) is 3.83. The highest BCUT2D eigenvalue weighted by molar-refractivity contribution is 5.90. The number of hydrogen-bond donors (Lipinski definition) is 3. The molecule has 3 rings (SSSR count). The monoisotopic (exact) mass is 291 g/mol. The van der Waals surface area contributed by atoms with Crippen LogP contribution in [0.4, 0.5) is 11.5 Å². The van der Waals surface area contributed by atoms with Crippen molar-refractivity contribution in [3.8, 4) is 0 Å². The third-order valence-electron chi connectivity index (χ3n) is 2.60. The smallest absolute Gasteiger partial charge is 0.335 e. The molecule has 0 aliphatic heterocycles. The van der Waals surface area contributed by atoms with E-state index in [1.165, 1.54) is 24.8 Å². The van der Waals surface area contributed by atoms with Crippen LogP contribution in [0.2, 0.25) is 0 Å². The van der Waals surface area contributed by atoms with Gasteiger partial charge in [-0.3, -0.25) is 0 Å². The number of nitrogens with zero attached hydrogens (tertiary/aromatic N) is 3. The first kappa shape index (κ1) is 13.8. The average Bonchev–Trinajstić information content (AvgIpc) is 2.88. The summed E-state index contributed by atoms with van der Waals surface area (Å²) in [4.78, 5) is 26.0. The summed E-state index contributed by atoms with van der Waals surface area (Å²) in [6, 6.07) is 6.49. The van der Waals surface area contributed by atoms with Crippen molar-refractivity contribution in [2.75, 3.05) is 5.32 Å². The Morgan fingerprint density at radius 1 is 1.25 bits per heavy atom. The van der Waals surface area contributed by atoms with E-state index in [-0.39, 0.29) is 18.0 Å². The minimum Gasteiger partial charge on any atom is -0.478 e. The molecule has 20 heavy (non-hydrogen) atoms. The van der Waals surface area contributed by atoms with E-state index >= 15 is 0 Å². The van der Waals surface area contributed by atoms with E-state index in [0.717, 1.165) is 0 Å². The van der Waals surface area contributed by atoms with Crippen LogP contribution in [0, 0.1) is 0 Å². The molecule has 0 saturated carbocycles. The number of aromatic carboxylic acids is 1. The van der Waals surface area contributed by atoms with Crippen LogP contribution in [0.5, 0.6) is 0 Å². The Morgan fingerprint density at radius 3 is 2.90 bits per heavy atom. The van der Waals surface area contributed by atoms with Crippen LogP contribution in [-0.2, 0) is 0 Å². The maximum absolute atomic E-state index is 10.9. The number of carboxylic acid groups (broad SMARTS) is 1. The van der Waals surface area contributed by atoms with Gasteiger partial charge >= 0.3 is 5.97 Å². The van der Waals surface area contributed by atoms with Gasteiger partial charge in [0.2, 0.25) is 0 Å². The summed E-state index contributed by atoms with van der Waals surface area (Å²) in [5.74, 6) is -0.428. The van der Waals surface area contributed by atoms with Gasteiger partial charge in [0.25, 0.3) is 0 Å². The normalized spacial score (nSPS) is 10.0.